The SMILES string of the molecule is COCCNc1nc(C)nc(OC)c1[N+](=O)[O-]. The molecule has 1 rings (SSSR count). The molecule has 1 N–H and O–H groups in total. The molecule has 0 fully saturated rings. The quantitative estimate of drug-likeness (QED) is 0.446. The van der Waals surface area contributed by atoms with Crippen molar-refractivity contribution >= 4 is 11.5 Å². The smallest absolute Gasteiger partial charge is 0.372 e. The Bertz CT molecular complexity index is 410. The lowest BCUT2D eigenvalue weighted by Gasteiger charge is -2.08. The van der Waals surface area contributed by atoms with E-state index in [2.05, 4.69) is 15.3 Å². The summed E-state index contributed by atoms with van der Waals surface area (Å²) in [6, 6.07) is 0. The lowest BCUT2D eigenvalue weighted by molar-refractivity contribution is -0.385. The Morgan fingerprint density at radius 1 is 1.41 bits per heavy atom. The second kappa shape index (κ2) is 5.94. The minimum atomic E-state index is -0.576. The Morgan fingerprint density at radius 2 is 2.12 bits per heavy atom. The van der Waals surface area contributed by atoms with E-state index in [4.69, 9.17) is 9.47 Å². The summed E-state index contributed by atoms with van der Waals surface area (Å²) >= 11 is 0. The first kappa shape index (κ1) is 13.1. The third-order valence-electron chi connectivity index (χ3n) is 1.94. The standard InChI is InChI=1S/C9H14N4O4/c1-6-11-8(10-4-5-16-2)7(13(14)15)9(12-6)17-3/h4-5H2,1-3H3,(H,10,11,12). The van der Waals surface area contributed by atoms with Gasteiger partial charge in [0.05, 0.1) is 18.6 Å². The molecule has 0 spiro atoms. The van der Waals surface area contributed by atoms with Crippen LogP contribution in [0.25, 0.3) is 0 Å². The van der Waals surface area contributed by atoms with Crippen molar-refractivity contribution in [2.75, 3.05) is 32.7 Å². The molecule has 8 heteroatoms. The van der Waals surface area contributed by atoms with E-state index in [-0.39, 0.29) is 17.4 Å². The molecule has 0 saturated carbocycles. The minimum absolute atomic E-state index is 0.0533. The van der Waals surface area contributed by atoms with Crippen molar-refractivity contribution in [1.82, 2.24) is 9.97 Å². The fourth-order valence-electron chi connectivity index (χ4n) is 1.24. The third kappa shape index (κ3) is 3.25. The molecule has 0 saturated heterocycles. The summed E-state index contributed by atoms with van der Waals surface area (Å²) in [5, 5.41) is 13.7. The van der Waals surface area contributed by atoms with E-state index in [1.165, 1.54) is 7.11 Å². The van der Waals surface area contributed by atoms with Crippen LogP contribution in [0.2, 0.25) is 0 Å². The van der Waals surface area contributed by atoms with Crippen molar-refractivity contribution in [1.29, 1.82) is 0 Å². The molecule has 0 atom stereocenters. The van der Waals surface area contributed by atoms with Gasteiger partial charge in [0.15, 0.2) is 0 Å². The van der Waals surface area contributed by atoms with Gasteiger partial charge < -0.3 is 14.8 Å². The average molecular weight is 242 g/mol. The third-order valence-corrected chi connectivity index (χ3v) is 1.94. The normalized spacial score (nSPS) is 10.1. The first-order chi connectivity index (χ1) is 8.10. The predicted octanol–water partition coefficient (Wildman–Crippen LogP) is 0.760. The first-order valence-electron chi connectivity index (χ1n) is 4.90. The molecule has 0 aliphatic carbocycles. The van der Waals surface area contributed by atoms with Crippen molar-refractivity contribution in [2.24, 2.45) is 0 Å². The number of nitrogens with one attached hydrogen (secondary N) is 1. The number of aryl methyl sites for hydroxylation is 1. The molecule has 0 radical (unpaired) electrons. The zero-order valence-corrected chi connectivity index (χ0v) is 9.89. The fourth-order valence-corrected chi connectivity index (χ4v) is 1.24. The Morgan fingerprint density at radius 3 is 2.65 bits per heavy atom. The molecular weight excluding hydrogens is 228 g/mol. The van der Waals surface area contributed by atoms with Crippen LogP contribution in [0.15, 0.2) is 0 Å². The summed E-state index contributed by atoms with van der Waals surface area (Å²) in [6.07, 6.45) is 0. The zero-order chi connectivity index (χ0) is 12.8. The molecule has 0 aromatic carbocycles. The number of methoxy groups -OCH3 is 2. The van der Waals surface area contributed by atoms with Crippen LogP contribution in [-0.4, -0.2) is 42.3 Å². The highest BCUT2D eigenvalue weighted by atomic mass is 16.6. The monoisotopic (exact) mass is 242 g/mol. The lowest BCUT2D eigenvalue weighted by Crippen LogP contribution is -2.12. The van der Waals surface area contributed by atoms with Gasteiger partial charge >= 0.3 is 5.69 Å². The number of anilines is 1. The first-order valence-corrected chi connectivity index (χ1v) is 4.90. The van der Waals surface area contributed by atoms with Crippen LogP contribution in [0.5, 0.6) is 5.88 Å². The molecule has 1 aromatic heterocycles. The number of ether oxygens (including phenoxy) is 2. The van der Waals surface area contributed by atoms with Crippen LogP contribution in [0.3, 0.4) is 0 Å². The predicted molar refractivity (Wildman–Crippen MR) is 60.3 cm³/mol. The number of rotatable bonds is 6. The molecule has 17 heavy (non-hydrogen) atoms. The average Bonchev–Trinajstić information content (AvgIpc) is 2.28. The number of hydrogen-bond acceptors (Lipinski definition) is 7. The molecule has 0 amide bonds. The maximum Gasteiger partial charge on any atom is 0.372 e. The summed E-state index contributed by atoms with van der Waals surface area (Å²) < 4.78 is 9.71. The zero-order valence-electron chi connectivity index (χ0n) is 9.89. The van der Waals surface area contributed by atoms with Crippen LogP contribution < -0.4 is 10.1 Å². The van der Waals surface area contributed by atoms with E-state index in [1.807, 2.05) is 0 Å². The number of hydrogen-bond donors (Lipinski definition) is 1. The van der Waals surface area contributed by atoms with Gasteiger partial charge in [0.2, 0.25) is 5.82 Å². The molecule has 94 valence electrons. The summed E-state index contributed by atoms with van der Waals surface area (Å²) in [4.78, 5) is 18.2. The van der Waals surface area contributed by atoms with E-state index in [9.17, 15) is 10.1 Å². The Hall–Kier alpha value is -1.96. The maximum absolute atomic E-state index is 10.9. The van der Waals surface area contributed by atoms with E-state index in [0.29, 0.717) is 19.0 Å². The Labute approximate surface area is 98.1 Å². The molecule has 0 unspecified atom stereocenters. The largest absolute Gasteiger partial charge is 0.476 e. The highest BCUT2D eigenvalue weighted by Crippen LogP contribution is 2.31. The van der Waals surface area contributed by atoms with E-state index < -0.39 is 4.92 Å². The molecule has 8 nitrogen and oxygen atoms in total. The van der Waals surface area contributed by atoms with Crippen molar-refractivity contribution in [3.8, 4) is 5.88 Å². The van der Waals surface area contributed by atoms with Crippen molar-refractivity contribution in [3.63, 3.8) is 0 Å². The number of aromatic nitrogens is 2. The van der Waals surface area contributed by atoms with Crippen LogP contribution in [0.4, 0.5) is 11.5 Å². The molecule has 0 bridgehead atoms. The second-order valence-electron chi connectivity index (χ2n) is 3.15. The highest BCUT2D eigenvalue weighted by molar-refractivity contribution is 5.61. The maximum atomic E-state index is 10.9. The van der Waals surface area contributed by atoms with Gasteiger partial charge in [-0.1, -0.05) is 0 Å². The summed E-state index contributed by atoms with van der Waals surface area (Å²) in [6.45, 7) is 2.47. The molecule has 0 aliphatic heterocycles. The molecule has 0 aliphatic rings. The Kier molecular flexibility index (Phi) is 4.58. The van der Waals surface area contributed by atoms with Crippen LogP contribution in [-0.2, 0) is 4.74 Å². The van der Waals surface area contributed by atoms with Crippen LogP contribution in [0, 0.1) is 17.0 Å². The van der Waals surface area contributed by atoms with Gasteiger partial charge in [-0.15, -0.1) is 0 Å². The highest BCUT2D eigenvalue weighted by Gasteiger charge is 2.24. The Balaban J connectivity index is 3.07. The van der Waals surface area contributed by atoms with Gasteiger partial charge in [0.1, 0.15) is 5.82 Å². The van der Waals surface area contributed by atoms with Gasteiger partial charge in [0, 0.05) is 13.7 Å². The molecular formula is C9H14N4O4. The van der Waals surface area contributed by atoms with Crippen LogP contribution >= 0.6 is 0 Å². The number of nitro groups is 1. The van der Waals surface area contributed by atoms with E-state index in [1.54, 1.807) is 14.0 Å². The van der Waals surface area contributed by atoms with Crippen molar-refractivity contribution < 1.29 is 14.4 Å². The van der Waals surface area contributed by atoms with Gasteiger partial charge in [-0.25, -0.2) is 4.98 Å². The van der Waals surface area contributed by atoms with Crippen LogP contribution in [0.1, 0.15) is 5.82 Å². The van der Waals surface area contributed by atoms with Gasteiger partial charge in [-0.2, -0.15) is 4.98 Å². The van der Waals surface area contributed by atoms with Gasteiger partial charge in [0.25, 0.3) is 5.88 Å². The van der Waals surface area contributed by atoms with E-state index in [0.717, 1.165) is 0 Å². The summed E-state index contributed by atoms with van der Waals surface area (Å²) in [5.74, 6) is 0.478. The lowest BCUT2D eigenvalue weighted by atomic mass is 10.4. The van der Waals surface area contributed by atoms with Gasteiger partial charge in [-0.05, 0) is 6.92 Å². The van der Waals surface area contributed by atoms with Crippen molar-refractivity contribution in [2.45, 2.75) is 6.92 Å². The minimum Gasteiger partial charge on any atom is -0.476 e. The van der Waals surface area contributed by atoms with Crippen molar-refractivity contribution in [3.05, 3.63) is 15.9 Å². The van der Waals surface area contributed by atoms with E-state index >= 15 is 0 Å². The summed E-state index contributed by atoms with van der Waals surface area (Å²) in [5.41, 5.74) is -0.269. The number of nitrogens with zero attached hydrogens (tertiary/aromatic N) is 3. The topological polar surface area (TPSA) is 99.4 Å². The second-order valence-corrected chi connectivity index (χ2v) is 3.15. The summed E-state index contributed by atoms with van der Waals surface area (Å²) in [7, 11) is 2.87. The molecule has 1 aromatic rings. The molecule has 1 heterocycles. The fraction of sp³-hybridized carbons (Fsp3) is 0.556. The van der Waals surface area contributed by atoms with Gasteiger partial charge in [-0.3, -0.25) is 10.1 Å².